The van der Waals surface area contributed by atoms with E-state index in [-0.39, 0.29) is 5.91 Å². The molecule has 4 aromatic rings. The van der Waals surface area contributed by atoms with Crippen molar-refractivity contribution in [2.75, 3.05) is 5.32 Å². The number of carbonyl (C=O) groups is 1. The highest BCUT2D eigenvalue weighted by Crippen LogP contribution is 2.28. The Morgan fingerprint density at radius 3 is 2.83 bits per heavy atom. The van der Waals surface area contributed by atoms with Crippen molar-refractivity contribution in [2.45, 2.75) is 0 Å². The van der Waals surface area contributed by atoms with Crippen molar-refractivity contribution in [3.05, 3.63) is 71.1 Å². The number of fused-ring (bicyclic) bond motifs is 1. The lowest BCUT2D eigenvalue weighted by atomic mass is 10.1. The van der Waals surface area contributed by atoms with Crippen LogP contribution in [0.1, 0.15) is 10.5 Å². The monoisotopic (exact) mass is 354 g/mol. The van der Waals surface area contributed by atoms with E-state index in [1.807, 2.05) is 28.1 Å². The van der Waals surface area contributed by atoms with Gasteiger partial charge in [-0.3, -0.25) is 14.2 Å². The summed E-state index contributed by atoms with van der Waals surface area (Å²) in [6, 6.07) is 10.7. The fourth-order valence-electron chi connectivity index (χ4n) is 2.49. The van der Waals surface area contributed by atoms with Gasteiger partial charge in [0.25, 0.3) is 5.91 Å². The second-order valence-corrected chi connectivity index (χ2v) is 6.37. The van der Waals surface area contributed by atoms with Crippen molar-refractivity contribution in [1.82, 2.24) is 14.4 Å². The van der Waals surface area contributed by atoms with E-state index in [1.54, 1.807) is 36.7 Å². The zero-order valence-corrected chi connectivity index (χ0v) is 13.9. The van der Waals surface area contributed by atoms with Crippen molar-refractivity contribution in [2.24, 2.45) is 0 Å². The predicted molar refractivity (Wildman–Crippen MR) is 95.7 cm³/mol. The topological polar surface area (TPSA) is 59.3 Å². The van der Waals surface area contributed by atoms with Crippen LogP contribution in [0.3, 0.4) is 0 Å². The smallest absolute Gasteiger partial charge is 0.276 e. The molecule has 0 aliphatic heterocycles. The largest absolute Gasteiger partial charge is 0.321 e. The fourth-order valence-corrected chi connectivity index (χ4v) is 3.39. The molecule has 0 radical (unpaired) electrons. The summed E-state index contributed by atoms with van der Waals surface area (Å²) in [6.07, 6.45) is 5.29. The average molecular weight is 355 g/mol. The second-order valence-electron chi connectivity index (χ2n) is 5.06. The third-order valence-corrected chi connectivity index (χ3v) is 4.51. The number of imidazole rings is 1. The van der Waals surface area contributed by atoms with Crippen molar-refractivity contribution in [3.8, 4) is 11.3 Å². The normalized spacial score (nSPS) is 10.9. The fraction of sp³-hybridized carbons (Fsp3) is 0. The van der Waals surface area contributed by atoms with Crippen molar-refractivity contribution < 1.29 is 4.79 Å². The molecule has 118 valence electrons. The highest BCUT2D eigenvalue weighted by atomic mass is 35.5. The second kappa shape index (κ2) is 6.07. The number of halogens is 1. The van der Waals surface area contributed by atoms with Crippen LogP contribution < -0.4 is 5.32 Å². The molecule has 5 nitrogen and oxygen atoms in total. The molecule has 0 bridgehead atoms. The van der Waals surface area contributed by atoms with E-state index in [9.17, 15) is 4.79 Å². The number of pyridine rings is 1. The van der Waals surface area contributed by atoms with Crippen molar-refractivity contribution >= 4 is 39.5 Å². The van der Waals surface area contributed by atoms with Crippen LogP contribution in [0.15, 0.2) is 60.4 Å². The molecular weight excluding hydrogens is 344 g/mol. The SMILES string of the molecule is O=C(Nc1cccc(Cl)c1)c1nc2sccn2c1-c1ccncc1. The molecule has 1 N–H and O–H groups in total. The van der Waals surface area contributed by atoms with Gasteiger partial charge in [-0.05, 0) is 30.3 Å². The lowest BCUT2D eigenvalue weighted by Crippen LogP contribution is -2.13. The number of thiazole rings is 1. The minimum atomic E-state index is -0.278. The quantitative estimate of drug-likeness (QED) is 0.594. The Bertz CT molecular complexity index is 1030. The van der Waals surface area contributed by atoms with E-state index in [1.165, 1.54) is 11.3 Å². The lowest BCUT2D eigenvalue weighted by molar-refractivity contribution is 0.102. The van der Waals surface area contributed by atoms with Crippen molar-refractivity contribution in [1.29, 1.82) is 0 Å². The minimum Gasteiger partial charge on any atom is -0.321 e. The van der Waals surface area contributed by atoms with E-state index in [4.69, 9.17) is 11.6 Å². The molecule has 0 aliphatic carbocycles. The number of anilines is 1. The molecule has 1 aromatic carbocycles. The van der Waals surface area contributed by atoms with Gasteiger partial charge in [0, 0.05) is 40.2 Å². The van der Waals surface area contributed by atoms with Crippen LogP contribution >= 0.6 is 22.9 Å². The third-order valence-electron chi connectivity index (χ3n) is 3.51. The Balaban J connectivity index is 1.79. The molecule has 0 aliphatic rings. The molecule has 4 rings (SSSR count). The van der Waals surface area contributed by atoms with Gasteiger partial charge < -0.3 is 5.32 Å². The summed E-state index contributed by atoms with van der Waals surface area (Å²) >= 11 is 7.45. The summed E-state index contributed by atoms with van der Waals surface area (Å²) in [5.41, 5.74) is 2.62. The first-order valence-corrected chi connectivity index (χ1v) is 8.41. The Morgan fingerprint density at radius 1 is 1.21 bits per heavy atom. The van der Waals surface area contributed by atoms with E-state index in [2.05, 4.69) is 15.3 Å². The van der Waals surface area contributed by atoms with Gasteiger partial charge in [0.05, 0.1) is 5.69 Å². The molecule has 0 saturated heterocycles. The van der Waals surface area contributed by atoms with E-state index >= 15 is 0 Å². The molecule has 7 heteroatoms. The number of nitrogens with zero attached hydrogens (tertiary/aromatic N) is 3. The van der Waals surface area contributed by atoms with Gasteiger partial charge in [-0.2, -0.15) is 0 Å². The van der Waals surface area contributed by atoms with Gasteiger partial charge in [0.1, 0.15) is 0 Å². The molecule has 24 heavy (non-hydrogen) atoms. The molecule has 0 fully saturated rings. The van der Waals surface area contributed by atoms with E-state index in [0.29, 0.717) is 16.4 Å². The highest BCUT2D eigenvalue weighted by molar-refractivity contribution is 7.15. The summed E-state index contributed by atoms with van der Waals surface area (Å²) in [5, 5.41) is 5.35. The van der Waals surface area contributed by atoms with Crippen LogP contribution in [0.2, 0.25) is 5.02 Å². The number of hydrogen-bond donors (Lipinski definition) is 1. The zero-order chi connectivity index (χ0) is 16.5. The highest BCUT2D eigenvalue weighted by Gasteiger charge is 2.21. The molecular formula is C17H11ClN4OS. The first-order chi connectivity index (χ1) is 11.7. The average Bonchev–Trinajstić information content (AvgIpc) is 3.16. The molecule has 0 atom stereocenters. The van der Waals surface area contributed by atoms with Gasteiger partial charge in [0.15, 0.2) is 10.7 Å². The summed E-state index contributed by atoms with van der Waals surface area (Å²) in [4.78, 5) is 22.0. The minimum absolute atomic E-state index is 0.278. The maximum absolute atomic E-state index is 12.7. The van der Waals surface area contributed by atoms with Crippen LogP contribution in [0.5, 0.6) is 0 Å². The van der Waals surface area contributed by atoms with Crippen molar-refractivity contribution in [3.63, 3.8) is 0 Å². The summed E-state index contributed by atoms with van der Waals surface area (Å²) < 4.78 is 1.91. The number of hydrogen-bond acceptors (Lipinski definition) is 4. The third kappa shape index (κ3) is 2.66. The van der Waals surface area contributed by atoms with Crippen LogP contribution in [-0.2, 0) is 0 Å². The van der Waals surface area contributed by atoms with Gasteiger partial charge >= 0.3 is 0 Å². The Labute approximate surface area is 146 Å². The maximum Gasteiger partial charge on any atom is 0.276 e. The van der Waals surface area contributed by atoms with Crippen LogP contribution in [0.25, 0.3) is 16.2 Å². The summed E-state index contributed by atoms with van der Waals surface area (Å²) in [7, 11) is 0. The summed E-state index contributed by atoms with van der Waals surface area (Å²) in [5.74, 6) is -0.278. The molecule has 0 unspecified atom stereocenters. The van der Waals surface area contributed by atoms with Gasteiger partial charge in [-0.15, -0.1) is 11.3 Å². The molecule has 3 aromatic heterocycles. The van der Waals surface area contributed by atoms with E-state index < -0.39 is 0 Å². The summed E-state index contributed by atoms with van der Waals surface area (Å²) in [6.45, 7) is 0. The van der Waals surface area contributed by atoms with Crippen LogP contribution in [-0.4, -0.2) is 20.3 Å². The Kier molecular flexibility index (Phi) is 3.76. The number of aromatic nitrogens is 3. The van der Waals surface area contributed by atoms with Crippen LogP contribution in [0, 0.1) is 0 Å². The van der Waals surface area contributed by atoms with E-state index in [0.717, 1.165) is 16.2 Å². The first kappa shape index (κ1) is 14.9. The first-order valence-electron chi connectivity index (χ1n) is 7.15. The van der Waals surface area contributed by atoms with Gasteiger partial charge in [-0.1, -0.05) is 17.7 Å². The zero-order valence-electron chi connectivity index (χ0n) is 12.3. The molecule has 0 spiro atoms. The number of rotatable bonds is 3. The number of benzene rings is 1. The predicted octanol–water partition coefficient (Wildman–Crippen LogP) is 4.36. The Hall–Kier alpha value is -2.70. The standard InChI is InChI=1S/C17H11ClN4OS/c18-12-2-1-3-13(10-12)20-16(23)14-15(11-4-6-19-7-5-11)22-8-9-24-17(22)21-14/h1-10H,(H,20,23). The number of nitrogens with one attached hydrogen (secondary N) is 1. The van der Waals surface area contributed by atoms with Gasteiger partial charge in [-0.25, -0.2) is 4.98 Å². The molecule has 0 saturated carbocycles. The lowest BCUT2D eigenvalue weighted by Gasteiger charge is -2.06. The number of carbonyl (C=O) groups excluding carboxylic acids is 1. The maximum atomic E-state index is 12.7. The number of amides is 1. The van der Waals surface area contributed by atoms with Gasteiger partial charge in [0.2, 0.25) is 0 Å². The Morgan fingerprint density at radius 2 is 2.04 bits per heavy atom. The molecule has 3 heterocycles. The van der Waals surface area contributed by atoms with Crippen LogP contribution in [0.4, 0.5) is 5.69 Å². The molecule has 1 amide bonds.